The summed E-state index contributed by atoms with van der Waals surface area (Å²) in [4.78, 5) is 23.6. The van der Waals surface area contributed by atoms with E-state index in [-0.39, 0.29) is 5.91 Å². The van der Waals surface area contributed by atoms with Crippen molar-refractivity contribution in [2.75, 3.05) is 5.73 Å². The third-order valence-electron chi connectivity index (χ3n) is 2.62. The number of nitrogens with two attached hydrogens (primary N) is 1. The Hall–Kier alpha value is -2.04. The highest BCUT2D eigenvalue weighted by atomic mass is 16.6. The minimum Gasteiger partial charge on any atom is -0.456 e. The van der Waals surface area contributed by atoms with E-state index in [0.717, 1.165) is 0 Å². The molecule has 1 heterocycles. The van der Waals surface area contributed by atoms with Gasteiger partial charge in [-0.2, -0.15) is 0 Å². The number of amides is 1. The average Bonchev–Trinajstić information content (AvgIpc) is 2.59. The van der Waals surface area contributed by atoms with Crippen LogP contribution >= 0.6 is 0 Å². The lowest BCUT2D eigenvalue weighted by Crippen LogP contribution is -2.24. The smallest absolute Gasteiger partial charge is 0.339 e. The van der Waals surface area contributed by atoms with E-state index in [0.29, 0.717) is 28.9 Å². The summed E-state index contributed by atoms with van der Waals surface area (Å²) in [7, 11) is 0. The van der Waals surface area contributed by atoms with Gasteiger partial charge in [-0.05, 0) is 32.9 Å². The molecule has 0 saturated heterocycles. The van der Waals surface area contributed by atoms with Gasteiger partial charge in [-0.1, -0.05) is 0 Å². The second-order valence-corrected chi connectivity index (χ2v) is 5.24. The first kappa shape index (κ1) is 12.4. The van der Waals surface area contributed by atoms with Crippen molar-refractivity contribution in [3.63, 3.8) is 0 Å². The van der Waals surface area contributed by atoms with E-state index in [2.05, 4.69) is 5.32 Å². The standard InChI is InChI=1S/C13H16N2O3/c1-13(2,3)18-12(17)7-4-5-9(14)10-8(7)6-15-11(10)16/h4-5H,6,14H2,1-3H3,(H,15,16). The van der Waals surface area contributed by atoms with Gasteiger partial charge in [-0.3, -0.25) is 4.79 Å². The van der Waals surface area contributed by atoms with Crippen molar-refractivity contribution >= 4 is 17.6 Å². The highest BCUT2D eigenvalue weighted by Gasteiger charge is 2.29. The maximum absolute atomic E-state index is 12.0. The number of esters is 1. The second kappa shape index (κ2) is 4.01. The number of anilines is 1. The van der Waals surface area contributed by atoms with E-state index in [9.17, 15) is 9.59 Å². The minimum absolute atomic E-state index is 0.243. The minimum atomic E-state index is -0.568. The zero-order valence-corrected chi connectivity index (χ0v) is 10.7. The van der Waals surface area contributed by atoms with E-state index in [1.807, 2.05) is 0 Å². The highest BCUT2D eigenvalue weighted by Crippen LogP contribution is 2.27. The van der Waals surface area contributed by atoms with Crippen molar-refractivity contribution in [1.82, 2.24) is 5.32 Å². The fourth-order valence-corrected chi connectivity index (χ4v) is 1.90. The first-order valence-corrected chi connectivity index (χ1v) is 5.72. The van der Waals surface area contributed by atoms with Crippen LogP contribution < -0.4 is 11.1 Å². The van der Waals surface area contributed by atoms with Crippen LogP contribution in [0.2, 0.25) is 0 Å². The number of benzene rings is 1. The molecule has 1 aromatic carbocycles. The van der Waals surface area contributed by atoms with Gasteiger partial charge in [0.15, 0.2) is 0 Å². The molecule has 1 aliphatic heterocycles. The Labute approximate surface area is 105 Å². The van der Waals surface area contributed by atoms with Crippen molar-refractivity contribution in [1.29, 1.82) is 0 Å². The maximum Gasteiger partial charge on any atom is 0.339 e. The van der Waals surface area contributed by atoms with Crippen LogP contribution in [0.1, 0.15) is 47.1 Å². The number of ether oxygens (including phenoxy) is 1. The maximum atomic E-state index is 12.0. The highest BCUT2D eigenvalue weighted by molar-refractivity contribution is 6.06. The molecule has 0 aliphatic carbocycles. The zero-order chi connectivity index (χ0) is 13.5. The fraction of sp³-hybridized carbons (Fsp3) is 0.385. The largest absolute Gasteiger partial charge is 0.456 e. The van der Waals surface area contributed by atoms with Crippen LogP contribution in [0, 0.1) is 0 Å². The van der Waals surface area contributed by atoms with Crippen molar-refractivity contribution in [2.45, 2.75) is 32.9 Å². The van der Waals surface area contributed by atoms with E-state index >= 15 is 0 Å². The SMILES string of the molecule is CC(C)(C)OC(=O)c1ccc(N)c2c1CNC2=O. The molecule has 1 aromatic rings. The molecule has 0 spiro atoms. The lowest BCUT2D eigenvalue weighted by Gasteiger charge is -2.20. The molecule has 0 radical (unpaired) electrons. The zero-order valence-electron chi connectivity index (χ0n) is 10.7. The number of hydrogen-bond donors (Lipinski definition) is 2. The number of nitrogen functional groups attached to an aromatic ring is 1. The molecule has 0 atom stereocenters. The van der Waals surface area contributed by atoms with Crippen LogP contribution in [0.25, 0.3) is 0 Å². The molecular formula is C13H16N2O3. The molecule has 1 amide bonds. The molecule has 3 N–H and O–H groups in total. The monoisotopic (exact) mass is 248 g/mol. The Bertz CT molecular complexity index is 530. The number of carbonyl (C=O) groups excluding carboxylic acids is 2. The van der Waals surface area contributed by atoms with Gasteiger partial charge in [0, 0.05) is 17.8 Å². The summed E-state index contributed by atoms with van der Waals surface area (Å²) in [6.07, 6.45) is 0. The molecule has 0 saturated carbocycles. The quantitative estimate of drug-likeness (QED) is 0.582. The van der Waals surface area contributed by atoms with Crippen LogP contribution in [0.3, 0.4) is 0 Å². The molecule has 2 rings (SSSR count). The molecule has 18 heavy (non-hydrogen) atoms. The van der Waals surface area contributed by atoms with Crippen molar-refractivity contribution in [3.8, 4) is 0 Å². The summed E-state index contributed by atoms with van der Waals surface area (Å²) in [5, 5.41) is 2.66. The van der Waals surface area contributed by atoms with E-state index in [4.69, 9.17) is 10.5 Å². The van der Waals surface area contributed by atoms with Gasteiger partial charge < -0.3 is 15.8 Å². The normalized spacial score (nSPS) is 14.1. The summed E-state index contributed by atoms with van der Waals surface area (Å²) in [5.74, 6) is -0.678. The van der Waals surface area contributed by atoms with Gasteiger partial charge >= 0.3 is 5.97 Å². The topological polar surface area (TPSA) is 81.4 Å². The molecule has 0 bridgehead atoms. The van der Waals surface area contributed by atoms with Crippen molar-refractivity contribution < 1.29 is 14.3 Å². The number of rotatable bonds is 1. The van der Waals surface area contributed by atoms with E-state index < -0.39 is 11.6 Å². The van der Waals surface area contributed by atoms with Gasteiger partial charge in [0.1, 0.15) is 5.60 Å². The van der Waals surface area contributed by atoms with E-state index in [1.54, 1.807) is 32.9 Å². The van der Waals surface area contributed by atoms with Gasteiger partial charge in [0.05, 0.1) is 11.1 Å². The van der Waals surface area contributed by atoms with Crippen LogP contribution in [0.4, 0.5) is 5.69 Å². The molecule has 0 unspecified atom stereocenters. The lowest BCUT2D eigenvalue weighted by atomic mass is 10.0. The first-order valence-electron chi connectivity index (χ1n) is 5.72. The summed E-state index contributed by atoms with van der Waals surface area (Å²) in [6, 6.07) is 3.16. The van der Waals surface area contributed by atoms with Crippen molar-refractivity contribution in [2.24, 2.45) is 0 Å². The Balaban J connectivity index is 2.42. The Morgan fingerprint density at radius 2 is 2.06 bits per heavy atom. The molecule has 1 aliphatic rings. The van der Waals surface area contributed by atoms with Crippen LogP contribution in [0.15, 0.2) is 12.1 Å². The predicted octanol–water partition coefficient (Wildman–Crippen LogP) is 1.47. The van der Waals surface area contributed by atoms with Crippen molar-refractivity contribution in [3.05, 3.63) is 28.8 Å². The van der Waals surface area contributed by atoms with E-state index in [1.165, 1.54) is 0 Å². The fourth-order valence-electron chi connectivity index (χ4n) is 1.90. The molecular weight excluding hydrogens is 232 g/mol. The van der Waals surface area contributed by atoms with Crippen LogP contribution in [0.5, 0.6) is 0 Å². The van der Waals surface area contributed by atoms with Gasteiger partial charge in [0.2, 0.25) is 0 Å². The van der Waals surface area contributed by atoms with Crippen LogP contribution in [-0.4, -0.2) is 17.5 Å². The summed E-state index contributed by atoms with van der Waals surface area (Å²) in [5.41, 5.74) is 6.96. The number of nitrogens with one attached hydrogen (secondary N) is 1. The molecule has 0 aromatic heterocycles. The third kappa shape index (κ3) is 2.16. The van der Waals surface area contributed by atoms with Gasteiger partial charge in [-0.25, -0.2) is 4.79 Å². The average molecular weight is 248 g/mol. The predicted molar refractivity (Wildman–Crippen MR) is 67.2 cm³/mol. The molecule has 5 heteroatoms. The summed E-state index contributed by atoms with van der Waals surface area (Å²) >= 11 is 0. The van der Waals surface area contributed by atoms with Gasteiger partial charge in [-0.15, -0.1) is 0 Å². The molecule has 5 nitrogen and oxygen atoms in total. The molecule has 96 valence electrons. The first-order chi connectivity index (χ1) is 8.29. The van der Waals surface area contributed by atoms with Gasteiger partial charge in [0.25, 0.3) is 5.91 Å². The second-order valence-electron chi connectivity index (χ2n) is 5.24. The Morgan fingerprint density at radius 1 is 1.39 bits per heavy atom. The summed E-state index contributed by atoms with van der Waals surface area (Å²) in [6.45, 7) is 5.71. The van der Waals surface area contributed by atoms with Crippen LogP contribution in [-0.2, 0) is 11.3 Å². The third-order valence-corrected chi connectivity index (χ3v) is 2.62. The number of fused-ring (bicyclic) bond motifs is 1. The molecule has 0 fully saturated rings. The Morgan fingerprint density at radius 3 is 2.67 bits per heavy atom. The summed E-state index contributed by atoms with van der Waals surface area (Å²) < 4.78 is 5.31. The lowest BCUT2D eigenvalue weighted by molar-refractivity contribution is 0.00683. The Kier molecular flexibility index (Phi) is 2.77. The number of hydrogen-bond acceptors (Lipinski definition) is 4. The number of carbonyl (C=O) groups is 2.